The molecule has 0 unspecified atom stereocenters. The molecule has 2 aromatic carbocycles. The van der Waals surface area contributed by atoms with Gasteiger partial charge in [0.05, 0.1) is 31.0 Å². The minimum absolute atomic E-state index is 0.235. The molecule has 0 aliphatic carbocycles. The van der Waals surface area contributed by atoms with Crippen LogP contribution in [0.5, 0.6) is 11.5 Å². The number of fused-ring (bicyclic) bond motifs is 1. The number of nitrogens with one attached hydrogen (secondary N) is 2. The first-order valence-electron chi connectivity index (χ1n) is 10.7. The van der Waals surface area contributed by atoms with Crippen LogP contribution in [0.25, 0.3) is 22.2 Å². The van der Waals surface area contributed by atoms with E-state index in [9.17, 15) is 14.4 Å². The number of rotatable bonds is 8. The number of amides is 3. The molecule has 0 saturated heterocycles. The largest absolute Gasteiger partial charge is 0.493 e. The molecule has 2 N–H and O–H groups in total. The molecule has 1 aromatic heterocycles. The number of pyridine rings is 1. The van der Waals surface area contributed by atoms with Gasteiger partial charge in [0.25, 0.3) is 5.91 Å². The van der Waals surface area contributed by atoms with Gasteiger partial charge >= 0.3 is 12.0 Å². The first kappa shape index (κ1) is 24.5. The van der Waals surface area contributed by atoms with E-state index < -0.39 is 24.5 Å². The summed E-state index contributed by atoms with van der Waals surface area (Å²) < 4.78 is 15.8. The molecule has 3 aromatic rings. The predicted molar refractivity (Wildman–Crippen MR) is 127 cm³/mol. The lowest BCUT2D eigenvalue weighted by molar-refractivity contribution is -0.123. The average molecular weight is 466 g/mol. The van der Waals surface area contributed by atoms with Crippen molar-refractivity contribution in [3.8, 4) is 22.8 Å². The number of urea groups is 1. The number of hydrogen-bond donors (Lipinski definition) is 2. The number of aromatic nitrogens is 1. The van der Waals surface area contributed by atoms with Crippen molar-refractivity contribution < 1.29 is 28.6 Å². The van der Waals surface area contributed by atoms with Crippen LogP contribution in [0.3, 0.4) is 0 Å². The Morgan fingerprint density at radius 2 is 1.71 bits per heavy atom. The third kappa shape index (κ3) is 6.00. The molecule has 3 amide bonds. The second-order valence-corrected chi connectivity index (χ2v) is 7.87. The maximum Gasteiger partial charge on any atom is 0.339 e. The lowest BCUT2D eigenvalue weighted by Gasteiger charge is -2.12. The Morgan fingerprint density at radius 3 is 2.41 bits per heavy atom. The molecule has 0 radical (unpaired) electrons. The summed E-state index contributed by atoms with van der Waals surface area (Å²) in [5.74, 6) is -0.119. The fraction of sp³-hybridized carbons (Fsp3) is 0.280. The van der Waals surface area contributed by atoms with E-state index in [0.29, 0.717) is 40.2 Å². The van der Waals surface area contributed by atoms with Crippen molar-refractivity contribution in [3.63, 3.8) is 0 Å². The van der Waals surface area contributed by atoms with Crippen molar-refractivity contribution >= 4 is 28.8 Å². The van der Waals surface area contributed by atoms with Crippen molar-refractivity contribution in [1.82, 2.24) is 15.6 Å². The van der Waals surface area contributed by atoms with E-state index in [2.05, 4.69) is 15.6 Å². The number of hydrogen-bond acceptors (Lipinski definition) is 7. The SMILES string of the molecule is COc1ccc(-c2cc(C(=O)OCC(=O)NC(=O)NCC(C)C)c3ccccc3n2)cc1OC. The van der Waals surface area contributed by atoms with Crippen LogP contribution < -0.4 is 20.1 Å². The topological polar surface area (TPSA) is 116 Å². The molecule has 9 nitrogen and oxygen atoms in total. The monoisotopic (exact) mass is 465 g/mol. The van der Waals surface area contributed by atoms with E-state index >= 15 is 0 Å². The number of para-hydroxylation sites is 1. The highest BCUT2D eigenvalue weighted by molar-refractivity contribution is 6.05. The zero-order chi connectivity index (χ0) is 24.7. The summed E-state index contributed by atoms with van der Waals surface area (Å²) in [6.45, 7) is 3.68. The number of carbonyl (C=O) groups excluding carboxylic acids is 3. The Balaban J connectivity index is 1.82. The van der Waals surface area contributed by atoms with E-state index in [1.165, 1.54) is 7.11 Å². The number of benzene rings is 2. The third-order valence-electron chi connectivity index (χ3n) is 4.87. The normalized spacial score (nSPS) is 10.6. The van der Waals surface area contributed by atoms with Gasteiger partial charge in [0.1, 0.15) is 0 Å². The van der Waals surface area contributed by atoms with Gasteiger partial charge in [0.2, 0.25) is 0 Å². The standard InChI is InChI=1S/C25H27N3O6/c1-15(2)13-26-25(31)28-23(29)14-34-24(30)18-12-20(27-19-8-6-5-7-17(18)19)16-9-10-21(32-3)22(11-16)33-4/h5-12,15H,13-14H2,1-4H3,(H2,26,28,29,31). The molecule has 0 saturated carbocycles. The number of carbonyl (C=O) groups is 3. The minimum atomic E-state index is -0.729. The number of methoxy groups -OCH3 is 2. The Morgan fingerprint density at radius 1 is 0.971 bits per heavy atom. The summed E-state index contributed by atoms with van der Waals surface area (Å²) in [5, 5.41) is 5.27. The maximum atomic E-state index is 12.9. The molecule has 0 aliphatic rings. The van der Waals surface area contributed by atoms with Gasteiger partial charge in [0.15, 0.2) is 18.1 Å². The first-order valence-corrected chi connectivity index (χ1v) is 10.7. The quantitative estimate of drug-likeness (QED) is 0.489. The lowest BCUT2D eigenvalue weighted by atomic mass is 10.0. The van der Waals surface area contributed by atoms with Gasteiger partial charge in [-0.1, -0.05) is 32.0 Å². The summed E-state index contributed by atoms with van der Waals surface area (Å²) in [6, 6.07) is 13.4. The van der Waals surface area contributed by atoms with Gasteiger partial charge in [-0.15, -0.1) is 0 Å². The van der Waals surface area contributed by atoms with Gasteiger partial charge in [-0.3, -0.25) is 10.1 Å². The van der Waals surface area contributed by atoms with Crippen molar-refractivity contribution in [2.45, 2.75) is 13.8 Å². The van der Waals surface area contributed by atoms with Gasteiger partial charge in [-0.05, 0) is 36.2 Å². The Kier molecular flexibility index (Phi) is 8.02. The van der Waals surface area contributed by atoms with E-state index in [4.69, 9.17) is 14.2 Å². The summed E-state index contributed by atoms with van der Waals surface area (Å²) >= 11 is 0. The van der Waals surface area contributed by atoms with E-state index in [0.717, 1.165) is 0 Å². The Bertz CT molecular complexity index is 1210. The van der Waals surface area contributed by atoms with Crippen LogP contribution in [0.4, 0.5) is 4.79 Å². The van der Waals surface area contributed by atoms with Crippen LogP contribution in [0.1, 0.15) is 24.2 Å². The number of ether oxygens (including phenoxy) is 3. The molecule has 0 fully saturated rings. The van der Waals surface area contributed by atoms with Crippen LogP contribution in [0, 0.1) is 5.92 Å². The molecule has 0 atom stereocenters. The second-order valence-electron chi connectivity index (χ2n) is 7.87. The summed E-state index contributed by atoms with van der Waals surface area (Å²) in [4.78, 5) is 41.3. The highest BCUT2D eigenvalue weighted by atomic mass is 16.5. The molecular weight excluding hydrogens is 438 g/mol. The molecule has 0 aliphatic heterocycles. The summed E-state index contributed by atoms with van der Waals surface area (Å²) in [6.07, 6.45) is 0. The van der Waals surface area contributed by atoms with Gasteiger partial charge in [-0.2, -0.15) is 0 Å². The van der Waals surface area contributed by atoms with E-state index in [1.807, 2.05) is 19.9 Å². The van der Waals surface area contributed by atoms with Crippen molar-refractivity contribution in [2.75, 3.05) is 27.4 Å². The fourth-order valence-electron chi connectivity index (χ4n) is 3.20. The van der Waals surface area contributed by atoms with Crippen LogP contribution in [-0.2, 0) is 9.53 Å². The van der Waals surface area contributed by atoms with Crippen LogP contribution in [0.2, 0.25) is 0 Å². The minimum Gasteiger partial charge on any atom is -0.493 e. The number of imide groups is 1. The Hall–Kier alpha value is -4.14. The predicted octanol–water partition coefficient (Wildman–Crippen LogP) is 3.56. The van der Waals surface area contributed by atoms with Gasteiger partial charge in [-0.25, -0.2) is 14.6 Å². The Labute approximate surface area is 197 Å². The highest BCUT2D eigenvalue weighted by Gasteiger charge is 2.18. The molecule has 178 valence electrons. The summed E-state index contributed by atoms with van der Waals surface area (Å²) in [5.41, 5.74) is 2.05. The number of esters is 1. The molecular formula is C25H27N3O6. The van der Waals surface area contributed by atoms with Crippen LogP contribution in [0.15, 0.2) is 48.5 Å². The average Bonchev–Trinajstić information content (AvgIpc) is 2.84. The smallest absolute Gasteiger partial charge is 0.339 e. The maximum absolute atomic E-state index is 12.9. The van der Waals surface area contributed by atoms with Crippen molar-refractivity contribution in [3.05, 3.63) is 54.1 Å². The summed E-state index contributed by atoms with van der Waals surface area (Å²) in [7, 11) is 3.08. The second kappa shape index (κ2) is 11.1. The van der Waals surface area contributed by atoms with Crippen molar-refractivity contribution in [1.29, 1.82) is 0 Å². The van der Waals surface area contributed by atoms with E-state index in [1.54, 1.807) is 49.6 Å². The highest BCUT2D eigenvalue weighted by Crippen LogP contribution is 2.33. The van der Waals surface area contributed by atoms with Gasteiger partial charge < -0.3 is 19.5 Å². The van der Waals surface area contributed by atoms with Crippen molar-refractivity contribution in [2.24, 2.45) is 5.92 Å². The van der Waals surface area contributed by atoms with Crippen LogP contribution in [-0.4, -0.2) is 50.3 Å². The van der Waals surface area contributed by atoms with Crippen LogP contribution >= 0.6 is 0 Å². The molecule has 34 heavy (non-hydrogen) atoms. The zero-order valence-corrected chi connectivity index (χ0v) is 19.5. The molecule has 0 spiro atoms. The molecule has 3 rings (SSSR count). The lowest BCUT2D eigenvalue weighted by Crippen LogP contribution is -2.42. The third-order valence-corrected chi connectivity index (χ3v) is 4.87. The molecule has 9 heteroatoms. The first-order chi connectivity index (χ1) is 16.3. The fourth-order valence-corrected chi connectivity index (χ4v) is 3.20. The molecule has 0 bridgehead atoms. The van der Waals surface area contributed by atoms with Gasteiger partial charge in [0, 0.05) is 17.5 Å². The zero-order valence-electron chi connectivity index (χ0n) is 19.5. The number of nitrogens with zero attached hydrogens (tertiary/aromatic N) is 1. The molecule has 1 heterocycles. The van der Waals surface area contributed by atoms with E-state index in [-0.39, 0.29) is 11.5 Å².